The first-order valence-corrected chi connectivity index (χ1v) is 9.91. The maximum atomic E-state index is 12.5. The van der Waals surface area contributed by atoms with Gasteiger partial charge in [-0.25, -0.2) is 0 Å². The van der Waals surface area contributed by atoms with Crippen molar-refractivity contribution in [2.45, 2.75) is 51.7 Å². The number of hydrogen-bond acceptors (Lipinski definition) is 4. The van der Waals surface area contributed by atoms with Crippen molar-refractivity contribution in [1.82, 2.24) is 5.32 Å². The van der Waals surface area contributed by atoms with Crippen LogP contribution in [0.25, 0.3) is 0 Å². The van der Waals surface area contributed by atoms with Crippen LogP contribution in [0.4, 0.5) is 0 Å². The summed E-state index contributed by atoms with van der Waals surface area (Å²) in [5.74, 6) is 1.92. The van der Waals surface area contributed by atoms with E-state index in [9.17, 15) is 4.79 Å². The van der Waals surface area contributed by atoms with Gasteiger partial charge in [-0.15, -0.1) is 0 Å². The molecule has 0 saturated carbocycles. The molecule has 0 saturated heterocycles. The van der Waals surface area contributed by atoms with E-state index in [4.69, 9.17) is 14.2 Å². The van der Waals surface area contributed by atoms with E-state index in [1.807, 2.05) is 37.3 Å². The number of amides is 1. The number of aryl methyl sites for hydroxylation is 2. The van der Waals surface area contributed by atoms with Crippen molar-refractivity contribution >= 4 is 5.91 Å². The third-order valence-corrected chi connectivity index (χ3v) is 4.95. The van der Waals surface area contributed by atoms with Crippen LogP contribution in [0.15, 0.2) is 42.5 Å². The van der Waals surface area contributed by atoms with Crippen LogP contribution in [-0.4, -0.2) is 31.8 Å². The van der Waals surface area contributed by atoms with Crippen LogP contribution in [0.3, 0.4) is 0 Å². The summed E-state index contributed by atoms with van der Waals surface area (Å²) < 4.78 is 16.9. The molecule has 0 heterocycles. The largest absolute Gasteiger partial charge is 0.493 e. The average molecular weight is 383 g/mol. The van der Waals surface area contributed by atoms with E-state index in [1.54, 1.807) is 14.0 Å². The van der Waals surface area contributed by atoms with Gasteiger partial charge in [0.2, 0.25) is 0 Å². The van der Waals surface area contributed by atoms with Gasteiger partial charge >= 0.3 is 0 Å². The summed E-state index contributed by atoms with van der Waals surface area (Å²) in [7, 11) is 1.60. The van der Waals surface area contributed by atoms with Crippen LogP contribution < -0.4 is 19.5 Å². The summed E-state index contributed by atoms with van der Waals surface area (Å²) in [5, 5.41) is 2.94. The van der Waals surface area contributed by atoms with Gasteiger partial charge in [0.1, 0.15) is 12.4 Å². The van der Waals surface area contributed by atoms with Crippen molar-refractivity contribution in [2.24, 2.45) is 0 Å². The number of benzene rings is 2. The number of methoxy groups -OCH3 is 1. The predicted octanol–water partition coefficient (Wildman–Crippen LogP) is 3.93. The molecule has 28 heavy (non-hydrogen) atoms. The number of nitrogens with one attached hydrogen (secondary N) is 1. The molecule has 0 radical (unpaired) electrons. The molecule has 0 aliphatic heterocycles. The van der Waals surface area contributed by atoms with Gasteiger partial charge in [0.15, 0.2) is 17.6 Å². The molecule has 1 aliphatic carbocycles. The van der Waals surface area contributed by atoms with Crippen LogP contribution >= 0.6 is 0 Å². The maximum Gasteiger partial charge on any atom is 0.261 e. The number of hydrogen-bond donors (Lipinski definition) is 1. The Balaban J connectivity index is 1.49. The number of carbonyl (C=O) groups excluding carboxylic acids is 1. The summed E-state index contributed by atoms with van der Waals surface area (Å²) >= 11 is 0. The third kappa shape index (κ3) is 5.18. The summed E-state index contributed by atoms with van der Waals surface area (Å²) in [5.41, 5.74) is 2.74. The van der Waals surface area contributed by atoms with Gasteiger partial charge in [-0.3, -0.25) is 4.79 Å². The van der Waals surface area contributed by atoms with Gasteiger partial charge in [0.25, 0.3) is 5.91 Å². The zero-order valence-corrected chi connectivity index (χ0v) is 16.9. The normalized spacial score (nSPS) is 15.1. The van der Waals surface area contributed by atoms with Gasteiger partial charge in [-0.2, -0.15) is 0 Å². The second-order valence-corrected chi connectivity index (χ2v) is 7.27. The number of rotatable bonds is 8. The third-order valence-electron chi connectivity index (χ3n) is 4.95. The van der Waals surface area contributed by atoms with E-state index >= 15 is 0 Å². The first-order chi connectivity index (χ1) is 13.6. The zero-order valence-electron chi connectivity index (χ0n) is 16.9. The monoisotopic (exact) mass is 383 g/mol. The summed E-state index contributed by atoms with van der Waals surface area (Å²) in [6.45, 7) is 4.01. The lowest BCUT2D eigenvalue weighted by atomic mass is 9.92. The Bertz CT molecular complexity index is 805. The smallest absolute Gasteiger partial charge is 0.261 e. The molecule has 2 aromatic carbocycles. The molecule has 0 fully saturated rings. The molecule has 0 unspecified atom stereocenters. The Labute approximate surface area is 167 Å². The van der Waals surface area contributed by atoms with Gasteiger partial charge in [-0.1, -0.05) is 18.2 Å². The van der Waals surface area contributed by atoms with Gasteiger partial charge in [0.05, 0.1) is 13.2 Å². The fourth-order valence-electron chi connectivity index (χ4n) is 3.40. The highest BCUT2D eigenvalue weighted by atomic mass is 16.5. The molecule has 1 N–H and O–H groups in total. The van der Waals surface area contributed by atoms with E-state index in [0.29, 0.717) is 18.1 Å². The van der Waals surface area contributed by atoms with Gasteiger partial charge in [0, 0.05) is 0 Å². The number of ether oxygens (including phenoxy) is 3. The van der Waals surface area contributed by atoms with Gasteiger partial charge < -0.3 is 19.5 Å². The fraction of sp³-hybridized carbons (Fsp3) is 0.435. The number of carbonyl (C=O) groups is 1. The topological polar surface area (TPSA) is 56.8 Å². The van der Waals surface area contributed by atoms with Crippen LogP contribution in [0.2, 0.25) is 0 Å². The van der Waals surface area contributed by atoms with Crippen molar-refractivity contribution in [3.63, 3.8) is 0 Å². The molecule has 2 aromatic rings. The minimum Gasteiger partial charge on any atom is -0.493 e. The SMILES string of the molecule is COc1ccccc1OC[C@H](C)NC(=O)[C@H](C)Oc1ccc2c(c1)CCCC2. The minimum absolute atomic E-state index is 0.158. The van der Waals surface area contributed by atoms with Crippen molar-refractivity contribution in [3.8, 4) is 17.2 Å². The molecule has 5 nitrogen and oxygen atoms in total. The standard InChI is InChI=1S/C23H29NO4/c1-16(15-27-22-11-7-6-10-21(22)26-3)24-23(25)17(2)28-20-13-12-18-8-4-5-9-19(18)14-20/h6-7,10-14,16-17H,4-5,8-9,15H2,1-3H3,(H,24,25)/t16-,17-/m0/s1. The van der Waals surface area contributed by atoms with Crippen LogP contribution in [0, 0.1) is 0 Å². The lowest BCUT2D eigenvalue weighted by molar-refractivity contribution is -0.128. The highest BCUT2D eigenvalue weighted by molar-refractivity contribution is 5.81. The summed E-state index contributed by atoms with van der Waals surface area (Å²) in [4.78, 5) is 12.5. The van der Waals surface area contributed by atoms with Crippen LogP contribution in [-0.2, 0) is 17.6 Å². The fourth-order valence-corrected chi connectivity index (χ4v) is 3.40. The second-order valence-electron chi connectivity index (χ2n) is 7.27. The van der Waals surface area contributed by atoms with Crippen LogP contribution in [0.1, 0.15) is 37.8 Å². The Morgan fingerprint density at radius 3 is 2.50 bits per heavy atom. The molecule has 3 rings (SSSR count). The minimum atomic E-state index is -0.574. The molecule has 0 bridgehead atoms. The average Bonchev–Trinajstić information content (AvgIpc) is 2.72. The summed E-state index contributed by atoms with van der Waals surface area (Å²) in [6, 6.07) is 13.5. The van der Waals surface area contributed by atoms with Crippen molar-refractivity contribution in [3.05, 3.63) is 53.6 Å². The van der Waals surface area contributed by atoms with Crippen molar-refractivity contribution in [2.75, 3.05) is 13.7 Å². The predicted molar refractivity (Wildman–Crippen MR) is 109 cm³/mol. The van der Waals surface area contributed by atoms with E-state index in [-0.39, 0.29) is 11.9 Å². The highest BCUT2D eigenvalue weighted by Gasteiger charge is 2.18. The van der Waals surface area contributed by atoms with E-state index in [0.717, 1.165) is 18.6 Å². The molecule has 0 spiro atoms. The first kappa shape index (κ1) is 20.1. The molecular formula is C23H29NO4. The molecule has 5 heteroatoms. The van der Waals surface area contributed by atoms with E-state index < -0.39 is 6.10 Å². The molecule has 1 aliphatic rings. The number of para-hydroxylation sites is 2. The van der Waals surface area contributed by atoms with Crippen molar-refractivity contribution in [1.29, 1.82) is 0 Å². The molecule has 150 valence electrons. The zero-order chi connectivity index (χ0) is 19.9. The van der Waals surface area contributed by atoms with Crippen LogP contribution in [0.5, 0.6) is 17.2 Å². The first-order valence-electron chi connectivity index (χ1n) is 9.91. The Kier molecular flexibility index (Phi) is 6.80. The van der Waals surface area contributed by atoms with Crippen molar-refractivity contribution < 1.29 is 19.0 Å². The second kappa shape index (κ2) is 9.49. The molecule has 2 atom stereocenters. The van der Waals surface area contributed by atoms with Gasteiger partial charge in [-0.05, 0) is 74.9 Å². The molecular weight excluding hydrogens is 354 g/mol. The van der Waals surface area contributed by atoms with E-state index in [1.165, 1.54) is 24.0 Å². The Morgan fingerprint density at radius 1 is 1.04 bits per heavy atom. The Hall–Kier alpha value is -2.69. The molecule has 0 aromatic heterocycles. The lowest BCUT2D eigenvalue weighted by Gasteiger charge is -2.21. The maximum absolute atomic E-state index is 12.5. The van der Waals surface area contributed by atoms with E-state index in [2.05, 4.69) is 17.4 Å². The molecule has 1 amide bonds. The highest BCUT2D eigenvalue weighted by Crippen LogP contribution is 2.27. The number of fused-ring (bicyclic) bond motifs is 1. The summed E-state index contributed by atoms with van der Waals surface area (Å²) in [6.07, 6.45) is 4.12. The quantitative estimate of drug-likeness (QED) is 0.751. The Morgan fingerprint density at radius 2 is 1.75 bits per heavy atom. The lowest BCUT2D eigenvalue weighted by Crippen LogP contribution is -2.43.